The van der Waals surface area contributed by atoms with Crippen molar-refractivity contribution in [3.05, 3.63) is 11.6 Å². The van der Waals surface area contributed by atoms with Gasteiger partial charge >= 0.3 is 0 Å². The van der Waals surface area contributed by atoms with E-state index in [9.17, 15) is 0 Å². The van der Waals surface area contributed by atoms with Crippen LogP contribution >= 0.6 is 24.0 Å². The van der Waals surface area contributed by atoms with Gasteiger partial charge in [-0.15, -0.1) is 34.2 Å². The second-order valence-corrected chi connectivity index (χ2v) is 5.70. The molecule has 0 aliphatic carbocycles. The quantitative estimate of drug-likeness (QED) is 0.456. The summed E-state index contributed by atoms with van der Waals surface area (Å²) >= 11 is 0. The molecular weight excluding hydrogens is 379 g/mol. The first-order chi connectivity index (χ1) is 9.70. The molecule has 1 aromatic rings. The van der Waals surface area contributed by atoms with Crippen LogP contribution < -0.4 is 10.6 Å². The first-order valence-electron chi connectivity index (χ1n) is 7.56. The minimum absolute atomic E-state index is 0. The zero-order chi connectivity index (χ0) is 14.4. The standard InChI is InChI=1S/C14H26N6.HI/c1-11(2)9-16-14(15-3)17-10-13-19-18-12-7-5-4-6-8-20(12)13;/h11H,4-10H2,1-3H3,(H2,15,16,17);1H. The summed E-state index contributed by atoms with van der Waals surface area (Å²) in [5.41, 5.74) is 0. The highest BCUT2D eigenvalue weighted by Gasteiger charge is 2.14. The molecule has 0 unspecified atom stereocenters. The van der Waals surface area contributed by atoms with Gasteiger partial charge in [0.05, 0.1) is 6.54 Å². The average molecular weight is 406 g/mol. The minimum atomic E-state index is 0. The smallest absolute Gasteiger partial charge is 0.191 e. The Kier molecular flexibility index (Phi) is 7.98. The van der Waals surface area contributed by atoms with Crippen LogP contribution in [0.25, 0.3) is 0 Å². The van der Waals surface area contributed by atoms with Crippen molar-refractivity contribution in [2.24, 2.45) is 10.9 Å². The summed E-state index contributed by atoms with van der Waals surface area (Å²) in [6.07, 6.45) is 4.78. The van der Waals surface area contributed by atoms with Gasteiger partial charge in [-0.25, -0.2) is 0 Å². The molecule has 0 radical (unpaired) electrons. The van der Waals surface area contributed by atoms with Gasteiger partial charge in [0.15, 0.2) is 11.8 Å². The van der Waals surface area contributed by atoms with Gasteiger partial charge in [-0.1, -0.05) is 20.3 Å². The number of nitrogens with one attached hydrogen (secondary N) is 2. The molecule has 0 saturated heterocycles. The second-order valence-electron chi connectivity index (χ2n) is 5.70. The third kappa shape index (κ3) is 5.44. The number of aryl methyl sites for hydroxylation is 1. The van der Waals surface area contributed by atoms with Gasteiger partial charge in [-0.05, 0) is 18.8 Å². The lowest BCUT2D eigenvalue weighted by molar-refractivity contribution is 0.589. The molecular formula is C14H27IN6. The molecule has 0 bridgehead atoms. The Morgan fingerprint density at radius 2 is 2.05 bits per heavy atom. The molecule has 2 N–H and O–H groups in total. The van der Waals surface area contributed by atoms with Gasteiger partial charge < -0.3 is 15.2 Å². The zero-order valence-electron chi connectivity index (χ0n) is 13.2. The van der Waals surface area contributed by atoms with E-state index in [2.05, 4.69) is 44.2 Å². The number of rotatable bonds is 4. The molecule has 120 valence electrons. The van der Waals surface area contributed by atoms with Gasteiger partial charge in [-0.2, -0.15) is 0 Å². The van der Waals surface area contributed by atoms with E-state index in [1.54, 1.807) is 7.05 Å². The predicted molar refractivity (Wildman–Crippen MR) is 96.0 cm³/mol. The molecule has 2 heterocycles. The first-order valence-corrected chi connectivity index (χ1v) is 7.56. The van der Waals surface area contributed by atoms with Crippen molar-refractivity contribution in [1.82, 2.24) is 25.4 Å². The van der Waals surface area contributed by atoms with Gasteiger partial charge in [0.25, 0.3) is 0 Å². The number of hydrogen-bond donors (Lipinski definition) is 2. The Balaban J connectivity index is 0.00000220. The summed E-state index contributed by atoms with van der Waals surface area (Å²) < 4.78 is 2.26. The topological polar surface area (TPSA) is 67.1 Å². The van der Waals surface area contributed by atoms with E-state index in [4.69, 9.17) is 0 Å². The van der Waals surface area contributed by atoms with E-state index in [0.29, 0.717) is 12.5 Å². The Labute approximate surface area is 144 Å². The largest absolute Gasteiger partial charge is 0.356 e. The maximum absolute atomic E-state index is 4.31. The lowest BCUT2D eigenvalue weighted by Crippen LogP contribution is -2.39. The van der Waals surface area contributed by atoms with Crippen LogP contribution in [0.15, 0.2) is 4.99 Å². The van der Waals surface area contributed by atoms with Gasteiger partial charge in [0.2, 0.25) is 0 Å². The third-order valence-corrected chi connectivity index (χ3v) is 3.50. The Morgan fingerprint density at radius 1 is 1.24 bits per heavy atom. The van der Waals surface area contributed by atoms with Crippen molar-refractivity contribution >= 4 is 29.9 Å². The lowest BCUT2D eigenvalue weighted by Gasteiger charge is -2.13. The van der Waals surface area contributed by atoms with E-state index in [0.717, 1.165) is 37.1 Å². The second kappa shape index (κ2) is 9.22. The van der Waals surface area contributed by atoms with E-state index in [1.807, 2.05) is 0 Å². The van der Waals surface area contributed by atoms with Crippen molar-refractivity contribution in [3.63, 3.8) is 0 Å². The summed E-state index contributed by atoms with van der Waals surface area (Å²) in [4.78, 5) is 4.23. The Bertz CT molecular complexity index is 454. The van der Waals surface area contributed by atoms with E-state index < -0.39 is 0 Å². The monoisotopic (exact) mass is 406 g/mol. The molecule has 0 aromatic carbocycles. The number of aliphatic imine (C=N–C) groups is 1. The van der Waals surface area contributed by atoms with Crippen LogP contribution in [0.3, 0.4) is 0 Å². The highest BCUT2D eigenvalue weighted by Crippen LogP contribution is 2.14. The average Bonchev–Trinajstić information content (AvgIpc) is 2.67. The van der Waals surface area contributed by atoms with Gasteiger partial charge in [0, 0.05) is 26.6 Å². The molecule has 0 fully saturated rings. The maximum Gasteiger partial charge on any atom is 0.191 e. The predicted octanol–water partition coefficient (Wildman–Crippen LogP) is 1.94. The molecule has 0 amide bonds. The summed E-state index contributed by atoms with van der Waals surface area (Å²) in [7, 11) is 1.79. The fourth-order valence-corrected chi connectivity index (χ4v) is 2.36. The van der Waals surface area contributed by atoms with Crippen molar-refractivity contribution in [2.45, 2.75) is 52.6 Å². The molecule has 1 aromatic heterocycles. The summed E-state index contributed by atoms with van der Waals surface area (Å²) in [5.74, 6) is 3.56. The van der Waals surface area contributed by atoms with Gasteiger partial charge in [0.1, 0.15) is 5.82 Å². The first kappa shape index (κ1) is 18.2. The third-order valence-electron chi connectivity index (χ3n) is 3.50. The molecule has 2 rings (SSSR count). The fourth-order valence-electron chi connectivity index (χ4n) is 2.36. The molecule has 1 aliphatic rings. The summed E-state index contributed by atoms with van der Waals surface area (Å²) in [6.45, 7) is 6.98. The van der Waals surface area contributed by atoms with E-state index in [1.165, 1.54) is 19.3 Å². The van der Waals surface area contributed by atoms with Crippen LogP contribution in [0, 0.1) is 5.92 Å². The molecule has 0 spiro atoms. The van der Waals surface area contributed by atoms with Crippen LogP contribution in [0.5, 0.6) is 0 Å². The lowest BCUT2D eigenvalue weighted by atomic mass is 10.2. The number of halogens is 1. The molecule has 6 nitrogen and oxygen atoms in total. The number of guanidine groups is 1. The Hall–Kier alpha value is -0.860. The number of nitrogens with zero attached hydrogens (tertiary/aromatic N) is 4. The molecule has 7 heteroatoms. The summed E-state index contributed by atoms with van der Waals surface area (Å²) in [5, 5.41) is 15.2. The van der Waals surface area contributed by atoms with Crippen molar-refractivity contribution in [1.29, 1.82) is 0 Å². The minimum Gasteiger partial charge on any atom is -0.356 e. The van der Waals surface area contributed by atoms with Crippen LogP contribution in [0.4, 0.5) is 0 Å². The highest BCUT2D eigenvalue weighted by atomic mass is 127. The van der Waals surface area contributed by atoms with Gasteiger partial charge in [-0.3, -0.25) is 4.99 Å². The number of aromatic nitrogens is 3. The maximum atomic E-state index is 4.31. The highest BCUT2D eigenvalue weighted by molar-refractivity contribution is 14.0. The SMILES string of the molecule is CN=C(NCc1nnc2n1CCCCC2)NCC(C)C.I. The van der Waals surface area contributed by atoms with Crippen LogP contribution in [-0.4, -0.2) is 34.3 Å². The molecule has 21 heavy (non-hydrogen) atoms. The van der Waals surface area contributed by atoms with Crippen LogP contribution in [0.2, 0.25) is 0 Å². The number of hydrogen-bond acceptors (Lipinski definition) is 3. The molecule has 0 saturated carbocycles. The van der Waals surface area contributed by atoms with Crippen molar-refractivity contribution in [3.8, 4) is 0 Å². The van der Waals surface area contributed by atoms with Crippen LogP contribution in [-0.2, 0) is 19.5 Å². The van der Waals surface area contributed by atoms with Crippen molar-refractivity contribution < 1.29 is 0 Å². The fraction of sp³-hybridized carbons (Fsp3) is 0.786. The molecule has 1 aliphatic heterocycles. The Morgan fingerprint density at radius 3 is 2.76 bits per heavy atom. The van der Waals surface area contributed by atoms with Crippen LogP contribution in [0.1, 0.15) is 44.8 Å². The molecule has 0 atom stereocenters. The zero-order valence-corrected chi connectivity index (χ0v) is 15.6. The van der Waals surface area contributed by atoms with Crippen molar-refractivity contribution in [2.75, 3.05) is 13.6 Å². The van der Waals surface area contributed by atoms with E-state index in [-0.39, 0.29) is 24.0 Å². The number of fused-ring (bicyclic) bond motifs is 1. The van der Waals surface area contributed by atoms with E-state index >= 15 is 0 Å². The summed E-state index contributed by atoms with van der Waals surface area (Å²) in [6, 6.07) is 0. The normalized spacial score (nSPS) is 15.1.